The zero-order chi connectivity index (χ0) is 22.6. The number of fused-ring (bicyclic) bond motifs is 3. The standard InChI is InChI=1S/C28H28O4/c1-3-18-32-28(2,27(29)30)20-14-16-21(17-15-20)31-19-8-13-26-24-11-6-4-9-22(24)23-10-5-7-12-25(23)26/h4-7,9-17H,3,8,18-19H2,1-2H3,(H,29,30). The Morgan fingerprint density at radius 2 is 1.44 bits per heavy atom. The summed E-state index contributed by atoms with van der Waals surface area (Å²) >= 11 is 0. The van der Waals surface area contributed by atoms with E-state index in [1.54, 1.807) is 31.2 Å². The second-order valence-corrected chi connectivity index (χ2v) is 8.06. The molecular formula is C28H28O4. The number of carbonyl (C=O) groups is 1. The van der Waals surface area contributed by atoms with Crippen molar-refractivity contribution in [2.24, 2.45) is 0 Å². The van der Waals surface area contributed by atoms with Gasteiger partial charge in [-0.15, -0.1) is 0 Å². The summed E-state index contributed by atoms with van der Waals surface area (Å²) in [6, 6.07) is 24.1. The van der Waals surface area contributed by atoms with Gasteiger partial charge in [-0.2, -0.15) is 0 Å². The number of aliphatic carboxylic acids is 1. The van der Waals surface area contributed by atoms with E-state index in [1.165, 1.54) is 27.8 Å². The molecule has 1 aliphatic rings. The fourth-order valence-electron chi connectivity index (χ4n) is 4.09. The zero-order valence-electron chi connectivity index (χ0n) is 18.5. The Labute approximate surface area is 189 Å². The molecule has 1 N–H and O–H groups in total. The number of ether oxygens (including phenoxy) is 2. The van der Waals surface area contributed by atoms with Gasteiger partial charge in [0.25, 0.3) is 0 Å². The van der Waals surface area contributed by atoms with Crippen molar-refractivity contribution in [3.8, 4) is 16.9 Å². The van der Waals surface area contributed by atoms with Crippen molar-refractivity contribution in [2.45, 2.75) is 32.3 Å². The molecule has 0 aromatic heterocycles. The van der Waals surface area contributed by atoms with Crippen molar-refractivity contribution in [1.82, 2.24) is 0 Å². The van der Waals surface area contributed by atoms with Crippen molar-refractivity contribution in [2.75, 3.05) is 13.2 Å². The van der Waals surface area contributed by atoms with E-state index in [9.17, 15) is 9.90 Å². The topological polar surface area (TPSA) is 55.8 Å². The first-order chi connectivity index (χ1) is 15.5. The largest absolute Gasteiger partial charge is 0.493 e. The first-order valence-electron chi connectivity index (χ1n) is 11.0. The molecule has 0 bridgehead atoms. The van der Waals surface area contributed by atoms with Gasteiger partial charge in [-0.3, -0.25) is 0 Å². The zero-order valence-corrected chi connectivity index (χ0v) is 18.5. The van der Waals surface area contributed by atoms with Crippen LogP contribution in [0.1, 0.15) is 43.4 Å². The van der Waals surface area contributed by atoms with Crippen LogP contribution in [0, 0.1) is 0 Å². The summed E-state index contributed by atoms with van der Waals surface area (Å²) in [5, 5.41) is 9.64. The number of hydrogen-bond donors (Lipinski definition) is 1. The maximum Gasteiger partial charge on any atom is 0.340 e. The normalized spacial score (nSPS) is 13.8. The highest BCUT2D eigenvalue weighted by Gasteiger charge is 2.36. The second kappa shape index (κ2) is 9.41. The molecule has 0 fully saturated rings. The van der Waals surface area contributed by atoms with Gasteiger partial charge in [0.05, 0.1) is 6.61 Å². The SMILES string of the molecule is CCCOC(C)(C(=O)O)c1ccc(OCCC=C2c3ccccc3-c3ccccc32)cc1. The Balaban J connectivity index is 1.42. The predicted octanol–water partition coefficient (Wildman–Crippen LogP) is 6.29. The van der Waals surface area contributed by atoms with Gasteiger partial charge in [-0.1, -0.05) is 73.7 Å². The summed E-state index contributed by atoms with van der Waals surface area (Å²) < 4.78 is 11.5. The van der Waals surface area contributed by atoms with Gasteiger partial charge < -0.3 is 14.6 Å². The fraction of sp³-hybridized carbons (Fsp3) is 0.250. The third kappa shape index (κ3) is 4.19. The molecule has 4 rings (SSSR count). The molecule has 0 amide bonds. The van der Waals surface area contributed by atoms with Crippen molar-refractivity contribution in [3.05, 3.63) is 95.6 Å². The van der Waals surface area contributed by atoms with Crippen molar-refractivity contribution in [3.63, 3.8) is 0 Å². The molecule has 3 aromatic rings. The van der Waals surface area contributed by atoms with Gasteiger partial charge >= 0.3 is 5.97 Å². The number of carboxylic acid groups (broad SMARTS) is 1. The third-order valence-electron chi connectivity index (χ3n) is 5.87. The lowest BCUT2D eigenvalue weighted by Crippen LogP contribution is -2.35. The van der Waals surface area contributed by atoms with Crippen LogP contribution in [0.2, 0.25) is 0 Å². The Bertz CT molecular complexity index is 1080. The summed E-state index contributed by atoms with van der Waals surface area (Å²) in [4.78, 5) is 11.8. The van der Waals surface area contributed by atoms with Crippen LogP contribution in [0.5, 0.6) is 5.75 Å². The number of hydrogen-bond acceptors (Lipinski definition) is 3. The van der Waals surface area contributed by atoms with E-state index in [1.807, 2.05) is 6.92 Å². The molecule has 0 radical (unpaired) electrons. The molecular weight excluding hydrogens is 400 g/mol. The predicted molar refractivity (Wildman–Crippen MR) is 127 cm³/mol. The maximum absolute atomic E-state index is 11.8. The number of carboxylic acids is 1. The molecule has 32 heavy (non-hydrogen) atoms. The van der Waals surface area contributed by atoms with Crippen LogP contribution in [0.15, 0.2) is 78.9 Å². The van der Waals surface area contributed by atoms with Crippen LogP contribution in [-0.4, -0.2) is 24.3 Å². The van der Waals surface area contributed by atoms with Gasteiger partial charge in [0.2, 0.25) is 0 Å². The Kier molecular flexibility index (Phi) is 6.42. The van der Waals surface area contributed by atoms with Crippen LogP contribution in [-0.2, 0) is 15.1 Å². The van der Waals surface area contributed by atoms with Gasteiger partial charge in [-0.25, -0.2) is 4.79 Å². The van der Waals surface area contributed by atoms with Crippen LogP contribution in [0.25, 0.3) is 16.7 Å². The molecule has 3 aromatic carbocycles. The molecule has 0 saturated heterocycles. The summed E-state index contributed by atoms with van der Waals surface area (Å²) in [5.74, 6) is -0.286. The fourth-order valence-corrected chi connectivity index (χ4v) is 4.09. The molecule has 0 saturated carbocycles. The Morgan fingerprint density at radius 1 is 0.875 bits per heavy atom. The quantitative estimate of drug-likeness (QED) is 0.318. The third-order valence-corrected chi connectivity index (χ3v) is 5.87. The summed E-state index contributed by atoms with van der Waals surface area (Å²) in [6.45, 7) is 4.47. The van der Waals surface area contributed by atoms with Crippen LogP contribution < -0.4 is 4.74 Å². The molecule has 4 nitrogen and oxygen atoms in total. The lowest BCUT2D eigenvalue weighted by Gasteiger charge is -2.25. The maximum atomic E-state index is 11.8. The lowest BCUT2D eigenvalue weighted by atomic mass is 9.96. The highest BCUT2D eigenvalue weighted by molar-refractivity contribution is 6.01. The summed E-state index contributed by atoms with van der Waals surface area (Å²) in [5.41, 5.74) is 5.57. The number of benzene rings is 3. The first-order valence-corrected chi connectivity index (χ1v) is 11.0. The van der Waals surface area contributed by atoms with Crippen LogP contribution in [0.3, 0.4) is 0 Å². The van der Waals surface area contributed by atoms with Crippen molar-refractivity contribution >= 4 is 11.5 Å². The Hall–Kier alpha value is -3.37. The minimum Gasteiger partial charge on any atom is -0.493 e. The van der Waals surface area contributed by atoms with E-state index in [0.717, 1.165) is 12.8 Å². The van der Waals surface area contributed by atoms with Gasteiger partial charge in [-0.05, 0) is 58.9 Å². The van der Waals surface area contributed by atoms with Crippen LogP contribution >= 0.6 is 0 Å². The smallest absolute Gasteiger partial charge is 0.340 e. The van der Waals surface area contributed by atoms with E-state index in [2.05, 4.69) is 54.6 Å². The van der Waals surface area contributed by atoms with Gasteiger partial charge in [0.1, 0.15) is 5.75 Å². The van der Waals surface area contributed by atoms with E-state index in [0.29, 0.717) is 24.5 Å². The summed E-state index contributed by atoms with van der Waals surface area (Å²) in [7, 11) is 0. The highest BCUT2D eigenvalue weighted by Crippen LogP contribution is 2.43. The lowest BCUT2D eigenvalue weighted by molar-refractivity contribution is -0.165. The molecule has 0 aliphatic heterocycles. The van der Waals surface area contributed by atoms with E-state index in [4.69, 9.17) is 9.47 Å². The van der Waals surface area contributed by atoms with E-state index >= 15 is 0 Å². The van der Waals surface area contributed by atoms with Crippen LogP contribution in [0.4, 0.5) is 0 Å². The Morgan fingerprint density at radius 3 is 1.97 bits per heavy atom. The van der Waals surface area contributed by atoms with Gasteiger partial charge in [0.15, 0.2) is 5.60 Å². The van der Waals surface area contributed by atoms with Crippen molar-refractivity contribution in [1.29, 1.82) is 0 Å². The molecule has 164 valence electrons. The molecule has 1 aliphatic carbocycles. The average Bonchev–Trinajstić information content (AvgIpc) is 3.14. The number of rotatable bonds is 9. The average molecular weight is 429 g/mol. The second-order valence-electron chi connectivity index (χ2n) is 8.06. The molecule has 1 unspecified atom stereocenters. The molecule has 1 atom stereocenters. The van der Waals surface area contributed by atoms with E-state index < -0.39 is 11.6 Å². The minimum atomic E-state index is -1.36. The molecule has 0 spiro atoms. The minimum absolute atomic E-state index is 0.391. The highest BCUT2D eigenvalue weighted by atomic mass is 16.5. The summed E-state index contributed by atoms with van der Waals surface area (Å²) in [6.07, 6.45) is 3.76. The monoisotopic (exact) mass is 428 g/mol. The molecule has 0 heterocycles. The van der Waals surface area contributed by atoms with Gasteiger partial charge in [0, 0.05) is 13.0 Å². The van der Waals surface area contributed by atoms with Crippen molar-refractivity contribution < 1.29 is 19.4 Å². The molecule has 4 heteroatoms. The first kappa shape index (κ1) is 21.8. The van der Waals surface area contributed by atoms with E-state index in [-0.39, 0.29) is 0 Å².